The summed E-state index contributed by atoms with van der Waals surface area (Å²) in [6, 6.07) is 1.97. The first-order valence-electron chi connectivity index (χ1n) is 7.84. The minimum absolute atomic E-state index is 0.149. The minimum atomic E-state index is -0.149. The molecule has 0 saturated carbocycles. The van der Waals surface area contributed by atoms with Gasteiger partial charge in [-0.15, -0.1) is 0 Å². The quantitative estimate of drug-likeness (QED) is 0.825. The molecule has 0 spiro atoms. The van der Waals surface area contributed by atoms with Gasteiger partial charge in [-0.1, -0.05) is 6.92 Å². The average molecular weight is 293 g/mol. The van der Waals surface area contributed by atoms with Gasteiger partial charge in [0.1, 0.15) is 0 Å². The average Bonchev–Trinajstić information content (AvgIpc) is 2.99. The van der Waals surface area contributed by atoms with Crippen LogP contribution in [0.2, 0.25) is 0 Å². The van der Waals surface area contributed by atoms with Crippen molar-refractivity contribution in [3.8, 4) is 0 Å². The van der Waals surface area contributed by atoms with Crippen LogP contribution in [-0.4, -0.2) is 70.3 Å². The molecule has 21 heavy (non-hydrogen) atoms. The highest BCUT2D eigenvalue weighted by molar-refractivity contribution is 5.81. The number of piperazine rings is 1. The highest BCUT2D eigenvalue weighted by atomic mass is 16.2. The van der Waals surface area contributed by atoms with Gasteiger partial charge in [0.2, 0.25) is 5.91 Å². The Morgan fingerprint density at radius 1 is 1.29 bits per heavy atom. The van der Waals surface area contributed by atoms with Crippen LogP contribution in [0.4, 0.5) is 0 Å². The molecule has 1 fully saturated rings. The molecule has 2 rings (SSSR count). The van der Waals surface area contributed by atoms with E-state index in [1.807, 2.05) is 28.8 Å². The van der Waals surface area contributed by atoms with Crippen molar-refractivity contribution in [3.05, 3.63) is 18.5 Å². The van der Waals surface area contributed by atoms with Crippen molar-refractivity contribution < 1.29 is 4.79 Å². The lowest BCUT2D eigenvalue weighted by atomic mass is 10.2. The van der Waals surface area contributed by atoms with Crippen molar-refractivity contribution in [2.75, 3.05) is 32.7 Å². The van der Waals surface area contributed by atoms with Gasteiger partial charge in [-0.3, -0.25) is 9.48 Å². The van der Waals surface area contributed by atoms with Gasteiger partial charge in [0.25, 0.3) is 0 Å². The maximum Gasteiger partial charge on any atom is 0.239 e. The Kier molecular flexibility index (Phi) is 5.76. The second-order valence-corrected chi connectivity index (χ2v) is 5.78. The summed E-state index contributed by atoms with van der Waals surface area (Å²) in [5, 5.41) is 7.57. The second-order valence-electron chi connectivity index (χ2n) is 5.78. The monoisotopic (exact) mass is 293 g/mol. The lowest BCUT2D eigenvalue weighted by Gasteiger charge is -2.36. The normalized spacial score (nSPS) is 19.5. The largest absolute Gasteiger partial charge is 0.339 e. The van der Waals surface area contributed by atoms with Crippen molar-refractivity contribution in [3.63, 3.8) is 0 Å². The van der Waals surface area contributed by atoms with Gasteiger partial charge < -0.3 is 15.1 Å². The molecule has 1 aliphatic heterocycles. The Hall–Kier alpha value is -1.40. The first-order chi connectivity index (χ1) is 10.1. The van der Waals surface area contributed by atoms with Gasteiger partial charge in [-0.2, -0.15) is 5.10 Å². The fraction of sp³-hybridized carbons (Fsp3) is 0.733. The third kappa shape index (κ3) is 4.54. The first-order valence-corrected chi connectivity index (χ1v) is 7.84. The molecule has 1 N–H and O–H groups in total. The summed E-state index contributed by atoms with van der Waals surface area (Å²) in [5.74, 6) is 0.207. The van der Waals surface area contributed by atoms with E-state index in [0.29, 0.717) is 0 Å². The molecule has 1 aliphatic rings. The van der Waals surface area contributed by atoms with Crippen LogP contribution in [-0.2, 0) is 11.3 Å². The minimum Gasteiger partial charge on any atom is -0.339 e. The summed E-state index contributed by atoms with van der Waals surface area (Å²) in [7, 11) is 0. The van der Waals surface area contributed by atoms with Crippen LogP contribution in [0.25, 0.3) is 0 Å². The van der Waals surface area contributed by atoms with E-state index in [-0.39, 0.29) is 18.0 Å². The number of amides is 1. The van der Waals surface area contributed by atoms with Crippen molar-refractivity contribution >= 4 is 5.91 Å². The molecule has 2 heterocycles. The summed E-state index contributed by atoms with van der Waals surface area (Å²) in [4.78, 5) is 16.8. The smallest absolute Gasteiger partial charge is 0.239 e. The Morgan fingerprint density at radius 3 is 2.57 bits per heavy atom. The number of carbonyl (C=O) groups excluding carboxylic acids is 1. The molecule has 0 aromatic carbocycles. The number of nitrogens with one attached hydrogen (secondary N) is 1. The van der Waals surface area contributed by atoms with E-state index in [1.165, 1.54) is 0 Å². The first kappa shape index (κ1) is 16.0. The number of carbonyl (C=O) groups is 1. The number of likely N-dealkylation sites (N-methyl/N-ethyl adjacent to an activating group) is 1. The lowest BCUT2D eigenvalue weighted by molar-refractivity contribution is -0.135. The van der Waals surface area contributed by atoms with E-state index in [4.69, 9.17) is 0 Å². The summed E-state index contributed by atoms with van der Waals surface area (Å²) < 4.78 is 1.88. The molecule has 1 amide bonds. The Morgan fingerprint density at radius 2 is 2.00 bits per heavy atom. The number of hydrogen-bond acceptors (Lipinski definition) is 4. The molecule has 0 unspecified atom stereocenters. The zero-order valence-electron chi connectivity index (χ0n) is 13.3. The van der Waals surface area contributed by atoms with Crippen LogP contribution in [0.5, 0.6) is 0 Å². The summed E-state index contributed by atoms with van der Waals surface area (Å²) in [6.07, 6.45) is 3.71. The predicted octanol–water partition coefficient (Wildman–Crippen LogP) is 0.414. The van der Waals surface area contributed by atoms with Crippen molar-refractivity contribution in [1.82, 2.24) is 24.9 Å². The van der Waals surface area contributed by atoms with Crippen molar-refractivity contribution in [2.24, 2.45) is 0 Å². The van der Waals surface area contributed by atoms with Gasteiger partial charge in [-0.25, -0.2) is 0 Å². The standard InChI is InChI=1S/C15H27N5O/c1-4-18-8-10-19(11-9-18)15(21)14(3)17-13(2)12-20-7-5-6-16-20/h5-7,13-14,17H,4,8-12H2,1-3H3/t13-,14+/m1/s1. The molecule has 118 valence electrons. The van der Waals surface area contributed by atoms with E-state index in [1.54, 1.807) is 6.20 Å². The Balaban J connectivity index is 1.77. The molecule has 1 aromatic rings. The van der Waals surface area contributed by atoms with E-state index in [9.17, 15) is 4.79 Å². The van der Waals surface area contributed by atoms with Crippen LogP contribution < -0.4 is 5.32 Å². The third-order valence-electron chi connectivity index (χ3n) is 4.06. The summed E-state index contributed by atoms with van der Waals surface area (Å²) >= 11 is 0. The van der Waals surface area contributed by atoms with Gasteiger partial charge in [0, 0.05) is 44.6 Å². The zero-order valence-corrected chi connectivity index (χ0v) is 13.3. The van der Waals surface area contributed by atoms with Crippen LogP contribution in [0.3, 0.4) is 0 Å². The molecule has 1 saturated heterocycles. The van der Waals surface area contributed by atoms with Gasteiger partial charge >= 0.3 is 0 Å². The molecular weight excluding hydrogens is 266 g/mol. The van der Waals surface area contributed by atoms with E-state index < -0.39 is 0 Å². The van der Waals surface area contributed by atoms with Crippen molar-refractivity contribution in [2.45, 2.75) is 39.4 Å². The fourth-order valence-electron chi connectivity index (χ4n) is 2.80. The second kappa shape index (κ2) is 7.56. The highest BCUT2D eigenvalue weighted by Crippen LogP contribution is 2.04. The van der Waals surface area contributed by atoms with Crippen LogP contribution in [0, 0.1) is 0 Å². The molecule has 6 nitrogen and oxygen atoms in total. The molecule has 0 aliphatic carbocycles. The number of hydrogen-bond donors (Lipinski definition) is 1. The highest BCUT2D eigenvalue weighted by Gasteiger charge is 2.25. The van der Waals surface area contributed by atoms with Gasteiger partial charge in [0.05, 0.1) is 12.6 Å². The lowest BCUT2D eigenvalue weighted by Crippen LogP contribution is -2.54. The third-order valence-corrected chi connectivity index (χ3v) is 4.06. The number of nitrogens with zero attached hydrogens (tertiary/aromatic N) is 4. The maximum atomic E-state index is 12.5. The van der Waals surface area contributed by atoms with Crippen molar-refractivity contribution in [1.29, 1.82) is 0 Å². The molecule has 0 radical (unpaired) electrons. The summed E-state index contributed by atoms with van der Waals surface area (Å²) in [5.41, 5.74) is 0. The zero-order chi connectivity index (χ0) is 15.2. The molecule has 1 aromatic heterocycles. The Bertz CT molecular complexity index is 425. The Labute approximate surface area is 127 Å². The number of rotatable bonds is 6. The van der Waals surface area contributed by atoms with Gasteiger partial charge in [-0.05, 0) is 26.5 Å². The van der Waals surface area contributed by atoms with E-state index in [0.717, 1.165) is 39.3 Å². The predicted molar refractivity (Wildman–Crippen MR) is 83.0 cm³/mol. The van der Waals surface area contributed by atoms with Crippen LogP contribution in [0.1, 0.15) is 20.8 Å². The van der Waals surface area contributed by atoms with E-state index >= 15 is 0 Å². The topological polar surface area (TPSA) is 53.4 Å². The van der Waals surface area contributed by atoms with Gasteiger partial charge in [0.15, 0.2) is 0 Å². The molecular formula is C15H27N5O. The molecule has 0 bridgehead atoms. The molecule has 2 atom stereocenters. The number of aromatic nitrogens is 2. The fourth-order valence-corrected chi connectivity index (χ4v) is 2.80. The van der Waals surface area contributed by atoms with Crippen LogP contribution in [0.15, 0.2) is 18.5 Å². The van der Waals surface area contributed by atoms with Crippen LogP contribution >= 0.6 is 0 Å². The summed E-state index contributed by atoms with van der Waals surface area (Å²) in [6.45, 7) is 11.7. The molecule has 6 heteroatoms. The van der Waals surface area contributed by atoms with E-state index in [2.05, 4.69) is 29.2 Å². The SMILES string of the molecule is CCN1CCN(C(=O)[C@H](C)N[C@H](C)Cn2cccn2)CC1. The maximum absolute atomic E-state index is 12.5.